The normalized spacial score (nSPS) is 14.1. The molecule has 0 bridgehead atoms. The second-order valence-corrected chi connectivity index (χ2v) is 4.84. The molecule has 0 amide bonds. The Morgan fingerprint density at radius 1 is 1.52 bits per heavy atom. The van der Waals surface area contributed by atoms with Gasteiger partial charge in [0, 0.05) is 5.75 Å². The van der Waals surface area contributed by atoms with Crippen molar-refractivity contribution < 1.29 is 31.5 Å². The largest absolute Gasteiger partial charge is 0.772 e. The van der Waals surface area contributed by atoms with E-state index in [0.717, 1.165) is 13.2 Å². The lowest BCUT2D eigenvalue weighted by Crippen LogP contribution is -2.16. The van der Waals surface area contributed by atoms with Gasteiger partial charge in [-0.1, -0.05) is 17.1 Å². The van der Waals surface area contributed by atoms with Gasteiger partial charge in [0.1, 0.15) is 0 Å². The van der Waals surface area contributed by atoms with Crippen LogP contribution in [0.2, 0.25) is 0 Å². The molecule has 0 heterocycles. The Hall–Kier alpha value is -1.92. The van der Waals surface area contributed by atoms with Crippen LogP contribution in [0.25, 0.3) is 0 Å². The Morgan fingerprint density at radius 3 is 2.57 bits per heavy atom. The van der Waals surface area contributed by atoms with Crippen molar-refractivity contribution in [2.24, 2.45) is 0 Å². The van der Waals surface area contributed by atoms with E-state index in [1.807, 2.05) is 0 Å². The summed E-state index contributed by atoms with van der Waals surface area (Å²) in [5, 5.41) is 8.94. The number of carbonyl (C=O) groups is 1. The minimum absolute atomic E-state index is 0.124. The van der Waals surface area contributed by atoms with Crippen LogP contribution in [0.1, 0.15) is 22.6 Å². The molecule has 1 aromatic carbocycles. The maximum Gasteiger partial charge on any atom is 0.416 e. The van der Waals surface area contributed by atoms with E-state index in [9.17, 15) is 26.7 Å². The van der Waals surface area contributed by atoms with Crippen LogP contribution in [0, 0.1) is 11.3 Å². The van der Waals surface area contributed by atoms with Gasteiger partial charge < -0.3 is 9.29 Å². The summed E-state index contributed by atoms with van der Waals surface area (Å²) < 4.78 is 63.8. The molecule has 21 heavy (non-hydrogen) atoms. The average molecular weight is 320 g/mol. The molecule has 5 nitrogen and oxygen atoms in total. The summed E-state index contributed by atoms with van der Waals surface area (Å²) in [7, 11) is 1.02. The first-order valence-electron chi connectivity index (χ1n) is 5.44. The minimum atomic E-state index is -4.66. The first-order valence-corrected chi connectivity index (χ1v) is 6.68. The smallest absolute Gasteiger partial charge is 0.416 e. The number of nitrogens with zero attached hydrogens (tertiary/aromatic N) is 1. The number of carbonyl (C=O) groups excluding carboxylic acids is 1. The van der Waals surface area contributed by atoms with Crippen LogP contribution in [0.3, 0.4) is 0 Å². The highest BCUT2D eigenvalue weighted by Crippen LogP contribution is 2.33. The van der Waals surface area contributed by atoms with Crippen molar-refractivity contribution in [2.75, 3.05) is 7.11 Å². The number of ether oxygens (including phenoxy) is 1. The van der Waals surface area contributed by atoms with Crippen molar-refractivity contribution >= 4 is 17.0 Å². The summed E-state index contributed by atoms with van der Waals surface area (Å²) in [5.74, 6) is -3.21. The molecule has 1 rings (SSSR count). The third-order valence-corrected chi connectivity index (χ3v) is 3.17. The molecule has 1 aromatic rings. The van der Waals surface area contributed by atoms with Gasteiger partial charge in [0.15, 0.2) is 5.92 Å². The lowest BCUT2D eigenvalue weighted by molar-refractivity contribution is -0.141. The van der Waals surface area contributed by atoms with Crippen LogP contribution in [-0.4, -0.2) is 21.8 Å². The van der Waals surface area contributed by atoms with Crippen LogP contribution in [0.4, 0.5) is 13.2 Å². The van der Waals surface area contributed by atoms with E-state index in [2.05, 4.69) is 4.74 Å². The maximum absolute atomic E-state index is 12.6. The van der Waals surface area contributed by atoms with Gasteiger partial charge in [0.05, 0.1) is 18.7 Å². The van der Waals surface area contributed by atoms with Gasteiger partial charge in [0.2, 0.25) is 0 Å². The lowest BCUT2D eigenvalue weighted by Gasteiger charge is -2.16. The molecule has 0 aliphatic rings. The SMILES string of the molecule is COC(=O)C(C#N)c1ccc(C(F)(F)F)cc1CS(=O)[O-]. The number of benzene rings is 1. The van der Waals surface area contributed by atoms with Crippen LogP contribution < -0.4 is 0 Å². The van der Waals surface area contributed by atoms with Gasteiger partial charge in [0.25, 0.3) is 0 Å². The van der Waals surface area contributed by atoms with Gasteiger partial charge in [-0.3, -0.25) is 9.00 Å². The van der Waals surface area contributed by atoms with E-state index in [1.165, 1.54) is 0 Å². The summed E-state index contributed by atoms with van der Waals surface area (Å²) in [4.78, 5) is 11.4. The number of hydrogen-bond donors (Lipinski definition) is 0. The maximum atomic E-state index is 12.6. The summed E-state index contributed by atoms with van der Waals surface area (Å²) in [6, 6.07) is 3.79. The van der Waals surface area contributed by atoms with Crippen LogP contribution >= 0.6 is 0 Å². The Labute approximate surface area is 120 Å². The number of esters is 1. The van der Waals surface area contributed by atoms with Gasteiger partial charge in [-0.05, 0) is 23.3 Å². The first-order chi connectivity index (χ1) is 9.70. The van der Waals surface area contributed by atoms with Gasteiger partial charge in [-0.2, -0.15) is 18.4 Å². The van der Waals surface area contributed by atoms with E-state index in [1.54, 1.807) is 6.07 Å². The van der Waals surface area contributed by atoms with Crippen molar-refractivity contribution in [1.29, 1.82) is 5.26 Å². The fourth-order valence-corrected chi connectivity index (χ4v) is 2.19. The number of halogens is 3. The molecule has 0 aromatic heterocycles. The zero-order chi connectivity index (χ0) is 16.2. The highest BCUT2D eigenvalue weighted by Gasteiger charge is 2.32. The van der Waals surface area contributed by atoms with Gasteiger partial charge in [-0.15, -0.1) is 0 Å². The molecule has 2 unspecified atom stereocenters. The monoisotopic (exact) mass is 320 g/mol. The van der Waals surface area contributed by atoms with Crippen molar-refractivity contribution in [3.63, 3.8) is 0 Å². The fourth-order valence-electron chi connectivity index (χ4n) is 1.68. The number of alkyl halides is 3. The van der Waals surface area contributed by atoms with Crippen molar-refractivity contribution in [1.82, 2.24) is 0 Å². The zero-order valence-electron chi connectivity index (χ0n) is 10.6. The second-order valence-electron chi connectivity index (χ2n) is 3.94. The third kappa shape index (κ3) is 4.27. The van der Waals surface area contributed by atoms with Gasteiger partial charge >= 0.3 is 12.1 Å². The predicted molar refractivity (Wildman–Crippen MR) is 64.4 cm³/mol. The first kappa shape index (κ1) is 17.1. The number of hydrogen-bond acceptors (Lipinski definition) is 5. The zero-order valence-corrected chi connectivity index (χ0v) is 11.5. The summed E-state index contributed by atoms with van der Waals surface area (Å²) in [6.07, 6.45) is -4.66. The number of nitriles is 1. The van der Waals surface area contributed by atoms with Crippen molar-refractivity contribution in [2.45, 2.75) is 17.8 Å². The fraction of sp³-hybridized carbons (Fsp3) is 0.333. The van der Waals surface area contributed by atoms with E-state index in [0.29, 0.717) is 12.1 Å². The summed E-state index contributed by atoms with van der Waals surface area (Å²) in [5.41, 5.74) is -1.45. The van der Waals surface area contributed by atoms with Crippen molar-refractivity contribution in [3.8, 4) is 6.07 Å². The topological polar surface area (TPSA) is 90.2 Å². The quantitative estimate of drug-likeness (QED) is 0.624. The Bertz CT molecular complexity index is 610. The number of methoxy groups -OCH3 is 1. The second kappa shape index (κ2) is 6.69. The Morgan fingerprint density at radius 2 is 2.14 bits per heavy atom. The molecule has 0 saturated carbocycles. The van der Waals surface area contributed by atoms with E-state index < -0.39 is 40.5 Å². The molecule has 0 aliphatic carbocycles. The van der Waals surface area contributed by atoms with Crippen LogP contribution in [0.15, 0.2) is 18.2 Å². The molecule has 114 valence electrons. The van der Waals surface area contributed by atoms with E-state index in [4.69, 9.17) is 5.26 Å². The standard InChI is InChI=1S/C12H10F3NO4S/c1-20-11(17)10(5-16)9-3-2-8(12(13,14)15)4-7(9)6-21(18)19/h2-4,10H,6H2,1H3,(H,18,19)/p-1. The van der Waals surface area contributed by atoms with Crippen LogP contribution in [0.5, 0.6) is 0 Å². The third-order valence-electron chi connectivity index (χ3n) is 2.62. The predicted octanol–water partition coefficient (Wildman–Crippen LogP) is 1.86. The van der Waals surface area contributed by atoms with Gasteiger partial charge in [-0.25, -0.2) is 0 Å². The molecular weight excluding hydrogens is 311 g/mol. The van der Waals surface area contributed by atoms with E-state index in [-0.39, 0.29) is 11.1 Å². The minimum Gasteiger partial charge on any atom is -0.772 e. The number of rotatable bonds is 4. The highest BCUT2D eigenvalue weighted by molar-refractivity contribution is 7.78. The lowest BCUT2D eigenvalue weighted by atomic mass is 9.94. The molecular formula is C12H9F3NO4S-. The van der Waals surface area contributed by atoms with Crippen molar-refractivity contribution in [3.05, 3.63) is 34.9 Å². The van der Waals surface area contributed by atoms with E-state index >= 15 is 0 Å². The molecule has 9 heteroatoms. The Balaban J connectivity index is 3.41. The molecule has 0 saturated heterocycles. The molecule has 0 spiro atoms. The average Bonchev–Trinajstić information content (AvgIpc) is 2.38. The molecule has 0 aliphatic heterocycles. The summed E-state index contributed by atoms with van der Waals surface area (Å²) in [6.45, 7) is 0. The molecule has 0 radical (unpaired) electrons. The molecule has 0 N–H and O–H groups in total. The summed E-state index contributed by atoms with van der Waals surface area (Å²) >= 11 is -2.67. The molecule has 0 fully saturated rings. The Kier molecular flexibility index (Phi) is 5.46. The highest BCUT2D eigenvalue weighted by atomic mass is 32.2. The van der Waals surface area contributed by atoms with Crippen LogP contribution in [-0.2, 0) is 32.5 Å². The molecule has 2 atom stereocenters.